The fourth-order valence-corrected chi connectivity index (χ4v) is 2.75. The monoisotopic (exact) mass is 285 g/mol. The summed E-state index contributed by atoms with van der Waals surface area (Å²) < 4.78 is 37.5. The number of rotatable bonds is 3. The Balaban J connectivity index is 2.15. The van der Waals surface area contributed by atoms with Crippen LogP contribution in [0.2, 0.25) is 0 Å². The van der Waals surface area contributed by atoms with Gasteiger partial charge in [0.25, 0.3) is 5.91 Å². The van der Waals surface area contributed by atoms with Gasteiger partial charge in [-0.2, -0.15) is 13.2 Å². The summed E-state index contributed by atoms with van der Waals surface area (Å²) in [6, 6.07) is 4.70. The smallest absolute Gasteiger partial charge is 0.336 e. The summed E-state index contributed by atoms with van der Waals surface area (Å²) in [7, 11) is 0. The second-order valence-electron chi connectivity index (χ2n) is 5.10. The van der Waals surface area contributed by atoms with Gasteiger partial charge in [-0.25, -0.2) is 0 Å². The van der Waals surface area contributed by atoms with Gasteiger partial charge in [-0.15, -0.1) is 0 Å². The van der Waals surface area contributed by atoms with Gasteiger partial charge in [0.1, 0.15) is 0 Å². The molecule has 0 saturated heterocycles. The number of halogens is 3. The quantitative estimate of drug-likeness (QED) is 0.818. The minimum absolute atomic E-state index is 0.173. The Hall–Kier alpha value is -1.52. The van der Waals surface area contributed by atoms with Crippen LogP contribution in [0, 0.1) is 0 Å². The highest BCUT2D eigenvalue weighted by Crippen LogP contribution is 2.30. The van der Waals surface area contributed by atoms with E-state index in [1.807, 2.05) is 6.92 Å². The van der Waals surface area contributed by atoms with Crippen molar-refractivity contribution in [2.45, 2.75) is 44.8 Å². The molecule has 5 heteroatoms. The van der Waals surface area contributed by atoms with E-state index in [4.69, 9.17) is 0 Å². The summed E-state index contributed by atoms with van der Waals surface area (Å²) in [5, 5.41) is 0. The fourth-order valence-electron chi connectivity index (χ4n) is 2.75. The number of hydrogen-bond acceptors (Lipinski definition) is 1. The zero-order valence-electron chi connectivity index (χ0n) is 11.4. The van der Waals surface area contributed by atoms with E-state index in [-0.39, 0.29) is 11.9 Å². The minimum Gasteiger partial charge on any atom is -0.336 e. The summed E-state index contributed by atoms with van der Waals surface area (Å²) in [6.45, 7) is 2.49. The summed E-state index contributed by atoms with van der Waals surface area (Å²) in [5.41, 5.74) is -0.398. The first-order valence-electron chi connectivity index (χ1n) is 6.91. The van der Waals surface area contributed by atoms with Gasteiger partial charge in [-0.05, 0) is 44.0 Å². The highest BCUT2D eigenvalue weighted by atomic mass is 19.4. The first-order valence-corrected chi connectivity index (χ1v) is 6.91. The lowest BCUT2D eigenvalue weighted by atomic mass is 10.1. The third-order valence-electron chi connectivity index (χ3n) is 3.83. The van der Waals surface area contributed by atoms with Crippen molar-refractivity contribution in [1.29, 1.82) is 0 Å². The van der Waals surface area contributed by atoms with E-state index in [0.29, 0.717) is 12.1 Å². The normalized spacial score (nSPS) is 16.4. The standard InChI is InChI=1S/C15H18F3NO/c1-2-19(13-5-3-4-6-13)14(20)11-7-9-12(10-8-11)15(16,17)18/h7-10,13H,2-6H2,1H3. The molecule has 0 spiro atoms. The number of benzene rings is 1. The molecule has 0 heterocycles. The second-order valence-corrected chi connectivity index (χ2v) is 5.10. The predicted octanol–water partition coefficient (Wildman–Crippen LogP) is 4.11. The van der Waals surface area contributed by atoms with Crippen LogP contribution in [0.25, 0.3) is 0 Å². The number of hydrogen-bond donors (Lipinski definition) is 0. The van der Waals surface area contributed by atoms with Gasteiger partial charge in [0.15, 0.2) is 0 Å². The molecule has 1 fully saturated rings. The number of nitrogens with zero attached hydrogens (tertiary/aromatic N) is 1. The summed E-state index contributed by atoms with van der Waals surface area (Å²) in [5.74, 6) is -0.173. The molecule has 0 radical (unpaired) electrons. The Labute approximate surface area is 116 Å². The molecule has 1 aliphatic carbocycles. The number of amides is 1. The van der Waals surface area contributed by atoms with Crippen LogP contribution in [0.3, 0.4) is 0 Å². The molecule has 1 saturated carbocycles. The average Bonchev–Trinajstić information content (AvgIpc) is 2.92. The van der Waals surface area contributed by atoms with Gasteiger partial charge < -0.3 is 4.90 Å². The molecule has 0 unspecified atom stereocenters. The lowest BCUT2D eigenvalue weighted by molar-refractivity contribution is -0.137. The maximum Gasteiger partial charge on any atom is 0.416 e. The van der Waals surface area contributed by atoms with Crippen LogP contribution in [0.15, 0.2) is 24.3 Å². The molecule has 0 bridgehead atoms. The van der Waals surface area contributed by atoms with E-state index >= 15 is 0 Å². The van der Waals surface area contributed by atoms with E-state index in [9.17, 15) is 18.0 Å². The maximum absolute atomic E-state index is 12.5. The molecule has 20 heavy (non-hydrogen) atoms. The van der Waals surface area contributed by atoms with Crippen molar-refractivity contribution in [2.75, 3.05) is 6.54 Å². The molecule has 1 amide bonds. The largest absolute Gasteiger partial charge is 0.416 e. The Morgan fingerprint density at radius 2 is 1.75 bits per heavy atom. The molecular formula is C15H18F3NO. The van der Waals surface area contributed by atoms with Crippen LogP contribution in [0.5, 0.6) is 0 Å². The van der Waals surface area contributed by atoms with Gasteiger partial charge >= 0.3 is 6.18 Å². The van der Waals surface area contributed by atoms with Crippen LogP contribution in [-0.2, 0) is 6.18 Å². The van der Waals surface area contributed by atoms with E-state index < -0.39 is 11.7 Å². The third kappa shape index (κ3) is 3.14. The van der Waals surface area contributed by atoms with Crippen molar-refractivity contribution >= 4 is 5.91 Å². The highest BCUT2D eigenvalue weighted by molar-refractivity contribution is 5.94. The van der Waals surface area contributed by atoms with Crippen molar-refractivity contribution in [3.05, 3.63) is 35.4 Å². The summed E-state index contributed by atoms with van der Waals surface area (Å²) in [6.07, 6.45) is -0.166. The molecule has 0 aliphatic heterocycles. The van der Waals surface area contributed by atoms with Crippen molar-refractivity contribution in [3.63, 3.8) is 0 Å². The number of carbonyl (C=O) groups is 1. The molecule has 2 rings (SSSR count). The lowest BCUT2D eigenvalue weighted by Crippen LogP contribution is -2.38. The predicted molar refractivity (Wildman–Crippen MR) is 70.4 cm³/mol. The van der Waals surface area contributed by atoms with Crippen molar-refractivity contribution < 1.29 is 18.0 Å². The molecule has 1 aromatic rings. The Morgan fingerprint density at radius 1 is 1.20 bits per heavy atom. The molecule has 0 aromatic heterocycles. The highest BCUT2D eigenvalue weighted by Gasteiger charge is 2.31. The van der Waals surface area contributed by atoms with Crippen molar-refractivity contribution in [1.82, 2.24) is 4.90 Å². The molecular weight excluding hydrogens is 267 g/mol. The van der Waals surface area contributed by atoms with E-state index in [1.165, 1.54) is 12.1 Å². The average molecular weight is 285 g/mol. The summed E-state index contributed by atoms with van der Waals surface area (Å²) in [4.78, 5) is 14.1. The van der Waals surface area contributed by atoms with E-state index in [0.717, 1.165) is 37.8 Å². The maximum atomic E-state index is 12.5. The molecule has 1 aromatic carbocycles. The zero-order valence-corrected chi connectivity index (χ0v) is 11.4. The molecule has 0 atom stereocenters. The van der Waals surface area contributed by atoms with Crippen LogP contribution in [0.1, 0.15) is 48.5 Å². The zero-order chi connectivity index (χ0) is 14.8. The molecule has 0 N–H and O–H groups in total. The first kappa shape index (κ1) is 14.9. The van der Waals surface area contributed by atoms with Crippen molar-refractivity contribution in [2.24, 2.45) is 0 Å². The SMILES string of the molecule is CCN(C(=O)c1ccc(C(F)(F)F)cc1)C1CCCC1. The van der Waals surface area contributed by atoms with Crippen LogP contribution in [-0.4, -0.2) is 23.4 Å². The topological polar surface area (TPSA) is 20.3 Å². The van der Waals surface area contributed by atoms with Crippen LogP contribution >= 0.6 is 0 Å². The molecule has 1 aliphatic rings. The Bertz CT molecular complexity index is 461. The van der Waals surface area contributed by atoms with Gasteiger partial charge in [0.2, 0.25) is 0 Å². The minimum atomic E-state index is -4.36. The van der Waals surface area contributed by atoms with Crippen LogP contribution < -0.4 is 0 Å². The van der Waals surface area contributed by atoms with Gasteiger partial charge in [-0.1, -0.05) is 12.8 Å². The number of carbonyl (C=O) groups excluding carboxylic acids is 1. The lowest BCUT2D eigenvalue weighted by Gasteiger charge is -2.27. The third-order valence-corrected chi connectivity index (χ3v) is 3.83. The second kappa shape index (κ2) is 5.85. The van der Waals surface area contributed by atoms with Gasteiger partial charge in [0, 0.05) is 18.2 Å². The molecule has 110 valence electrons. The summed E-state index contributed by atoms with van der Waals surface area (Å²) >= 11 is 0. The Kier molecular flexibility index (Phi) is 4.35. The van der Waals surface area contributed by atoms with Crippen molar-refractivity contribution in [3.8, 4) is 0 Å². The first-order chi connectivity index (χ1) is 9.43. The van der Waals surface area contributed by atoms with E-state index in [2.05, 4.69) is 0 Å². The molecule has 2 nitrogen and oxygen atoms in total. The fraction of sp³-hybridized carbons (Fsp3) is 0.533. The van der Waals surface area contributed by atoms with Gasteiger partial charge in [-0.3, -0.25) is 4.79 Å². The number of alkyl halides is 3. The van der Waals surface area contributed by atoms with E-state index in [1.54, 1.807) is 4.90 Å². The van der Waals surface area contributed by atoms with Crippen LogP contribution in [0.4, 0.5) is 13.2 Å². The Morgan fingerprint density at radius 3 is 2.20 bits per heavy atom. The van der Waals surface area contributed by atoms with Gasteiger partial charge in [0.05, 0.1) is 5.56 Å².